The lowest BCUT2D eigenvalue weighted by atomic mass is 10.2. The van der Waals surface area contributed by atoms with Gasteiger partial charge in [0.25, 0.3) is 5.91 Å². The van der Waals surface area contributed by atoms with Crippen molar-refractivity contribution in [2.24, 2.45) is 0 Å². The number of nitrogens with zero attached hydrogens (tertiary/aromatic N) is 3. The van der Waals surface area contributed by atoms with Crippen molar-refractivity contribution in [3.63, 3.8) is 0 Å². The first-order valence-corrected chi connectivity index (χ1v) is 7.64. The Morgan fingerprint density at radius 3 is 3.00 bits per heavy atom. The van der Waals surface area contributed by atoms with E-state index in [2.05, 4.69) is 15.6 Å². The van der Waals surface area contributed by atoms with Crippen LogP contribution in [0.2, 0.25) is 0 Å². The van der Waals surface area contributed by atoms with Crippen LogP contribution < -0.4 is 10.1 Å². The minimum atomic E-state index is -0.871. The Morgan fingerprint density at radius 1 is 1.44 bits per heavy atom. The Balaban J connectivity index is 1.70. The number of aliphatic hydroxyl groups excluding tert-OH is 1. The van der Waals surface area contributed by atoms with Gasteiger partial charge in [0.15, 0.2) is 5.69 Å². The molecule has 8 nitrogen and oxygen atoms in total. The maximum atomic E-state index is 12.4. The van der Waals surface area contributed by atoms with Crippen molar-refractivity contribution in [2.75, 3.05) is 12.4 Å². The molecular formula is C17H18N4O4. The summed E-state index contributed by atoms with van der Waals surface area (Å²) in [7, 11) is 1.53. The predicted molar refractivity (Wildman–Crippen MR) is 89.4 cm³/mol. The molecule has 0 bridgehead atoms. The molecule has 0 saturated heterocycles. The molecule has 1 aromatic carbocycles. The standard InChI is InChI=1S/C17H18N4O4/c1-11-5-6-15(24-2)12(8-11)18-17(23)13-9-21(20-19-13)10-14(22)16-4-3-7-25-16/h3-9,14,22H,10H2,1-2H3,(H,18,23)/t14-/m0/s1. The summed E-state index contributed by atoms with van der Waals surface area (Å²) in [6.07, 6.45) is 2.07. The van der Waals surface area contributed by atoms with Crippen LogP contribution in [0.25, 0.3) is 0 Å². The first-order chi connectivity index (χ1) is 12.1. The Labute approximate surface area is 144 Å². The first kappa shape index (κ1) is 16.7. The molecule has 2 N–H and O–H groups in total. The quantitative estimate of drug-likeness (QED) is 0.712. The van der Waals surface area contributed by atoms with Gasteiger partial charge in [-0.15, -0.1) is 5.10 Å². The Kier molecular flexibility index (Phi) is 4.80. The third kappa shape index (κ3) is 3.86. The van der Waals surface area contributed by atoms with Crippen molar-refractivity contribution < 1.29 is 19.1 Å². The second-order valence-corrected chi connectivity index (χ2v) is 5.51. The van der Waals surface area contributed by atoms with Gasteiger partial charge in [-0.1, -0.05) is 11.3 Å². The number of nitrogens with one attached hydrogen (secondary N) is 1. The van der Waals surface area contributed by atoms with Gasteiger partial charge < -0.3 is 19.6 Å². The maximum Gasteiger partial charge on any atom is 0.277 e. The van der Waals surface area contributed by atoms with Crippen molar-refractivity contribution in [3.8, 4) is 5.75 Å². The number of aryl methyl sites for hydroxylation is 1. The summed E-state index contributed by atoms with van der Waals surface area (Å²) in [5.41, 5.74) is 1.68. The van der Waals surface area contributed by atoms with Crippen molar-refractivity contribution in [2.45, 2.75) is 19.6 Å². The van der Waals surface area contributed by atoms with Crippen LogP contribution in [0.5, 0.6) is 5.75 Å². The molecule has 0 aliphatic carbocycles. The van der Waals surface area contributed by atoms with Crippen molar-refractivity contribution in [1.82, 2.24) is 15.0 Å². The SMILES string of the molecule is COc1ccc(C)cc1NC(=O)c1cn(C[C@H](O)c2ccco2)nn1. The van der Waals surface area contributed by atoms with Gasteiger partial charge in [0.1, 0.15) is 17.6 Å². The fourth-order valence-electron chi connectivity index (χ4n) is 2.35. The molecule has 0 fully saturated rings. The highest BCUT2D eigenvalue weighted by Crippen LogP contribution is 2.25. The first-order valence-electron chi connectivity index (χ1n) is 7.64. The maximum absolute atomic E-state index is 12.4. The molecule has 1 amide bonds. The number of methoxy groups -OCH3 is 1. The monoisotopic (exact) mass is 342 g/mol. The van der Waals surface area contributed by atoms with Crippen LogP contribution in [0.1, 0.15) is 27.9 Å². The minimum Gasteiger partial charge on any atom is -0.495 e. The topological polar surface area (TPSA) is 102 Å². The van der Waals surface area contributed by atoms with Crippen LogP contribution in [-0.2, 0) is 6.54 Å². The smallest absolute Gasteiger partial charge is 0.277 e. The number of carbonyl (C=O) groups is 1. The fraction of sp³-hybridized carbons (Fsp3) is 0.235. The zero-order chi connectivity index (χ0) is 17.8. The summed E-state index contributed by atoms with van der Waals surface area (Å²) in [6.45, 7) is 2.04. The number of hydrogen-bond acceptors (Lipinski definition) is 6. The van der Waals surface area contributed by atoms with Crippen molar-refractivity contribution in [3.05, 3.63) is 59.8 Å². The van der Waals surface area contributed by atoms with Crippen LogP contribution in [-0.4, -0.2) is 33.1 Å². The molecule has 0 unspecified atom stereocenters. The van der Waals surface area contributed by atoms with Gasteiger partial charge in [-0.3, -0.25) is 4.79 Å². The minimum absolute atomic E-state index is 0.127. The van der Waals surface area contributed by atoms with Crippen LogP contribution in [0.15, 0.2) is 47.2 Å². The summed E-state index contributed by atoms with van der Waals surface area (Å²) in [5, 5.41) is 20.5. The van der Waals surface area contributed by atoms with E-state index in [0.29, 0.717) is 17.2 Å². The molecule has 3 rings (SSSR count). The van der Waals surface area contributed by atoms with E-state index in [-0.39, 0.29) is 12.2 Å². The molecule has 130 valence electrons. The van der Waals surface area contributed by atoms with E-state index in [1.807, 2.05) is 19.1 Å². The number of carbonyl (C=O) groups excluding carboxylic acids is 1. The normalized spacial score (nSPS) is 12.0. The molecule has 25 heavy (non-hydrogen) atoms. The zero-order valence-corrected chi connectivity index (χ0v) is 13.8. The van der Waals surface area contributed by atoms with Gasteiger partial charge in [-0.05, 0) is 36.8 Å². The molecule has 2 aromatic heterocycles. The lowest BCUT2D eigenvalue weighted by Gasteiger charge is -2.09. The number of aliphatic hydroxyl groups is 1. The number of amides is 1. The average molecular weight is 342 g/mol. The number of rotatable bonds is 6. The second kappa shape index (κ2) is 7.18. The van der Waals surface area contributed by atoms with Crippen molar-refractivity contribution >= 4 is 11.6 Å². The molecule has 0 saturated carbocycles. The van der Waals surface area contributed by atoms with E-state index >= 15 is 0 Å². The van der Waals surface area contributed by atoms with Gasteiger partial charge in [-0.25, -0.2) is 4.68 Å². The van der Waals surface area contributed by atoms with E-state index in [0.717, 1.165) is 5.56 Å². The number of ether oxygens (including phenoxy) is 1. The molecule has 0 aliphatic rings. The molecule has 8 heteroatoms. The Bertz CT molecular complexity index is 857. The van der Waals surface area contributed by atoms with E-state index in [9.17, 15) is 9.90 Å². The number of benzene rings is 1. The van der Waals surface area contributed by atoms with Crippen LogP contribution in [0.3, 0.4) is 0 Å². The molecule has 1 atom stereocenters. The fourth-order valence-corrected chi connectivity index (χ4v) is 2.35. The van der Waals surface area contributed by atoms with Crippen LogP contribution in [0.4, 0.5) is 5.69 Å². The largest absolute Gasteiger partial charge is 0.495 e. The molecule has 0 spiro atoms. The van der Waals surface area contributed by atoms with Gasteiger partial charge in [0, 0.05) is 0 Å². The van der Waals surface area contributed by atoms with Crippen molar-refractivity contribution in [1.29, 1.82) is 0 Å². The third-order valence-electron chi connectivity index (χ3n) is 3.61. The molecular weight excluding hydrogens is 324 g/mol. The van der Waals surface area contributed by atoms with Gasteiger partial charge in [0.05, 0.1) is 31.8 Å². The van der Waals surface area contributed by atoms with Gasteiger partial charge >= 0.3 is 0 Å². The lowest BCUT2D eigenvalue weighted by Crippen LogP contribution is -2.13. The highest BCUT2D eigenvalue weighted by atomic mass is 16.5. The average Bonchev–Trinajstić information content (AvgIpc) is 3.27. The molecule has 0 aliphatic heterocycles. The highest BCUT2D eigenvalue weighted by Gasteiger charge is 2.16. The number of aromatic nitrogens is 3. The second-order valence-electron chi connectivity index (χ2n) is 5.51. The number of hydrogen-bond donors (Lipinski definition) is 2. The third-order valence-corrected chi connectivity index (χ3v) is 3.61. The van der Waals surface area contributed by atoms with Crippen LogP contribution in [0, 0.1) is 6.92 Å². The predicted octanol–water partition coefficient (Wildman–Crippen LogP) is 2.17. The lowest BCUT2D eigenvalue weighted by molar-refractivity contribution is 0.102. The van der Waals surface area contributed by atoms with Gasteiger partial charge in [-0.2, -0.15) is 0 Å². The summed E-state index contributed by atoms with van der Waals surface area (Å²) < 4.78 is 11.8. The molecule has 0 radical (unpaired) electrons. The van der Waals surface area contributed by atoms with E-state index in [1.165, 1.54) is 24.3 Å². The Hall–Kier alpha value is -3.13. The van der Waals surface area contributed by atoms with E-state index < -0.39 is 12.0 Å². The van der Waals surface area contributed by atoms with Gasteiger partial charge in [0.2, 0.25) is 0 Å². The number of furan rings is 1. The van der Waals surface area contributed by atoms with E-state index in [1.54, 1.807) is 18.2 Å². The zero-order valence-electron chi connectivity index (χ0n) is 13.8. The summed E-state index contributed by atoms with van der Waals surface area (Å²) in [6, 6.07) is 8.83. The van der Waals surface area contributed by atoms with E-state index in [4.69, 9.17) is 9.15 Å². The summed E-state index contributed by atoms with van der Waals surface area (Å²) in [4.78, 5) is 12.4. The molecule has 2 heterocycles. The Morgan fingerprint density at radius 2 is 2.28 bits per heavy atom. The van der Waals surface area contributed by atoms with Crippen LogP contribution >= 0.6 is 0 Å². The molecule has 3 aromatic rings. The summed E-state index contributed by atoms with van der Waals surface area (Å²) in [5.74, 6) is 0.563. The summed E-state index contributed by atoms with van der Waals surface area (Å²) >= 11 is 0. The number of anilines is 1. The highest BCUT2D eigenvalue weighted by molar-refractivity contribution is 6.03.